The maximum Gasteiger partial charge on any atom is 0.280 e. The fraction of sp³-hybridized carbons (Fsp3) is 0.300. The summed E-state index contributed by atoms with van der Waals surface area (Å²) in [5.41, 5.74) is 0.922. The van der Waals surface area contributed by atoms with Crippen LogP contribution in [-0.2, 0) is 0 Å². The lowest BCUT2D eigenvalue weighted by Gasteiger charge is -2.22. The summed E-state index contributed by atoms with van der Waals surface area (Å²) in [5, 5.41) is 0. The molecule has 3 amide bonds. The molecule has 0 aliphatic carbocycles. The normalized spacial score (nSPS) is 18.4. The first-order valence-electron chi connectivity index (χ1n) is 8.88. The number of imide groups is 1. The van der Waals surface area contributed by atoms with Crippen LogP contribution in [0.25, 0.3) is 0 Å². The molecule has 4 rings (SSSR count). The van der Waals surface area contributed by atoms with Crippen molar-refractivity contribution in [2.24, 2.45) is 0 Å². The molecular weight excluding hydrogens is 362 g/mol. The van der Waals surface area contributed by atoms with Crippen molar-refractivity contribution in [1.82, 2.24) is 14.8 Å². The summed E-state index contributed by atoms with van der Waals surface area (Å²) in [6, 6.07) is 7.84. The van der Waals surface area contributed by atoms with Gasteiger partial charge in [-0.15, -0.1) is 0 Å². The van der Waals surface area contributed by atoms with Gasteiger partial charge in [-0.05, 0) is 30.7 Å². The van der Waals surface area contributed by atoms with E-state index in [1.807, 2.05) is 0 Å². The number of aromatic nitrogens is 1. The Hall–Kier alpha value is -3.42. The number of hydrogen-bond acceptors (Lipinski definition) is 6. The molecule has 2 aromatic rings. The molecule has 1 fully saturated rings. The molecule has 0 radical (unpaired) electrons. The van der Waals surface area contributed by atoms with Crippen LogP contribution in [-0.4, -0.2) is 65.9 Å². The molecule has 1 atom stereocenters. The summed E-state index contributed by atoms with van der Waals surface area (Å²) < 4.78 is 10.4. The van der Waals surface area contributed by atoms with Gasteiger partial charge in [0.2, 0.25) is 0 Å². The summed E-state index contributed by atoms with van der Waals surface area (Å²) in [5.74, 6) is 0.0857. The van der Waals surface area contributed by atoms with Crippen molar-refractivity contribution in [2.45, 2.75) is 12.5 Å². The third kappa shape index (κ3) is 2.87. The second-order valence-corrected chi connectivity index (χ2v) is 6.67. The average molecular weight is 381 g/mol. The van der Waals surface area contributed by atoms with Crippen molar-refractivity contribution >= 4 is 17.7 Å². The molecular formula is C20H19N3O5. The first-order valence-corrected chi connectivity index (χ1v) is 8.88. The molecule has 8 nitrogen and oxygen atoms in total. The van der Waals surface area contributed by atoms with Crippen molar-refractivity contribution in [2.75, 3.05) is 27.3 Å². The molecule has 0 saturated carbocycles. The van der Waals surface area contributed by atoms with Crippen molar-refractivity contribution in [1.29, 1.82) is 0 Å². The number of ether oxygens (including phenoxy) is 2. The third-order valence-corrected chi connectivity index (χ3v) is 5.09. The molecule has 1 saturated heterocycles. The maximum atomic E-state index is 12.9. The Morgan fingerprint density at radius 3 is 2.46 bits per heavy atom. The van der Waals surface area contributed by atoms with E-state index in [4.69, 9.17) is 9.47 Å². The first-order chi connectivity index (χ1) is 13.5. The van der Waals surface area contributed by atoms with E-state index in [-0.39, 0.29) is 30.1 Å². The Labute approximate surface area is 161 Å². The van der Waals surface area contributed by atoms with E-state index >= 15 is 0 Å². The number of likely N-dealkylation sites (tertiary alicyclic amines) is 1. The zero-order chi connectivity index (χ0) is 19.8. The predicted molar refractivity (Wildman–Crippen MR) is 98.6 cm³/mol. The highest BCUT2D eigenvalue weighted by Gasteiger charge is 2.43. The Bertz CT molecular complexity index is 917. The van der Waals surface area contributed by atoms with Gasteiger partial charge in [0, 0.05) is 30.9 Å². The number of hydrogen-bond donors (Lipinski definition) is 0. The fourth-order valence-electron chi connectivity index (χ4n) is 3.67. The lowest BCUT2D eigenvalue weighted by atomic mass is 10.1. The predicted octanol–water partition coefficient (Wildman–Crippen LogP) is 1.61. The number of nitrogens with zero attached hydrogens (tertiary/aromatic N) is 3. The molecule has 3 heterocycles. The van der Waals surface area contributed by atoms with Crippen LogP contribution in [0, 0.1) is 0 Å². The number of benzene rings is 1. The number of pyridine rings is 1. The topological polar surface area (TPSA) is 89.0 Å². The van der Waals surface area contributed by atoms with E-state index in [0.29, 0.717) is 35.6 Å². The second-order valence-electron chi connectivity index (χ2n) is 6.67. The van der Waals surface area contributed by atoms with Crippen LogP contribution in [0.4, 0.5) is 0 Å². The summed E-state index contributed by atoms with van der Waals surface area (Å²) >= 11 is 0. The Morgan fingerprint density at radius 1 is 1.11 bits per heavy atom. The van der Waals surface area contributed by atoms with Gasteiger partial charge in [0.1, 0.15) is 17.2 Å². The third-order valence-electron chi connectivity index (χ3n) is 5.09. The molecule has 1 aromatic carbocycles. The molecule has 8 heteroatoms. The smallest absolute Gasteiger partial charge is 0.280 e. The van der Waals surface area contributed by atoms with Gasteiger partial charge in [0.15, 0.2) is 0 Å². The van der Waals surface area contributed by atoms with E-state index in [1.165, 1.54) is 25.3 Å². The zero-order valence-corrected chi connectivity index (χ0v) is 15.5. The van der Waals surface area contributed by atoms with E-state index in [1.54, 1.807) is 35.2 Å². The Kier molecular flexibility index (Phi) is 4.46. The lowest BCUT2D eigenvalue weighted by molar-refractivity contribution is 0.0573. The van der Waals surface area contributed by atoms with Crippen molar-refractivity contribution < 1.29 is 23.9 Å². The standard InChI is InChI=1S/C20H19N3O5/c1-27-14-8-12(9-15(10-14)28-2)18(24)22-7-5-13(11-22)23-19(25)16-4-3-6-21-17(16)20(23)26/h3-4,6,8-10,13H,5,7,11H2,1-2H3. The van der Waals surface area contributed by atoms with Crippen LogP contribution in [0.15, 0.2) is 36.5 Å². The zero-order valence-electron chi connectivity index (χ0n) is 15.5. The van der Waals surface area contributed by atoms with Crippen LogP contribution in [0.5, 0.6) is 11.5 Å². The average Bonchev–Trinajstić information content (AvgIpc) is 3.30. The van der Waals surface area contributed by atoms with Gasteiger partial charge in [0.05, 0.1) is 25.8 Å². The minimum absolute atomic E-state index is 0.176. The van der Waals surface area contributed by atoms with Gasteiger partial charge >= 0.3 is 0 Å². The summed E-state index contributed by atoms with van der Waals surface area (Å²) in [7, 11) is 3.04. The monoisotopic (exact) mass is 381 g/mol. The van der Waals surface area contributed by atoms with Crippen molar-refractivity contribution in [3.8, 4) is 11.5 Å². The molecule has 0 N–H and O–H groups in total. The number of methoxy groups -OCH3 is 2. The van der Waals surface area contributed by atoms with Crippen LogP contribution >= 0.6 is 0 Å². The highest BCUT2D eigenvalue weighted by molar-refractivity contribution is 6.20. The van der Waals surface area contributed by atoms with E-state index in [9.17, 15) is 14.4 Å². The molecule has 2 aliphatic heterocycles. The first kappa shape index (κ1) is 18.0. The quantitative estimate of drug-likeness (QED) is 0.748. The van der Waals surface area contributed by atoms with Crippen LogP contribution in [0.2, 0.25) is 0 Å². The molecule has 28 heavy (non-hydrogen) atoms. The number of rotatable bonds is 4. The van der Waals surface area contributed by atoms with Gasteiger partial charge in [0.25, 0.3) is 17.7 Å². The molecule has 1 aromatic heterocycles. The van der Waals surface area contributed by atoms with Gasteiger partial charge in [-0.2, -0.15) is 0 Å². The summed E-state index contributed by atoms with van der Waals surface area (Å²) in [4.78, 5) is 45.1. The second kappa shape index (κ2) is 6.95. The van der Waals surface area contributed by atoms with Gasteiger partial charge < -0.3 is 14.4 Å². The summed E-state index contributed by atoms with van der Waals surface area (Å²) in [6.07, 6.45) is 2.02. The van der Waals surface area contributed by atoms with E-state index < -0.39 is 5.91 Å². The van der Waals surface area contributed by atoms with E-state index in [0.717, 1.165) is 0 Å². The van der Waals surface area contributed by atoms with Gasteiger partial charge in [-0.3, -0.25) is 24.3 Å². The minimum Gasteiger partial charge on any atom is -0.497 e. The number of carbonyl (C=O) groups excluding carboxylic acids is 3. The minimum atomic E-state index is -0.400. The fourth-order valence-corrected chi connectivity index (χ4v) is 3.67. The Balaban J connectivity index is 1.53. The molecule has 2 aliphatic rings. The molecule has 144 valence electrons. The number of carbonyl (C=O) groups is 3. The SMILES string of the molecule is COc1cc(OC)cc(C(=O)N2CCC(N3C(=O)c4cccnc4C3=O)C2)c1. The maximum absolute atomic E-state index is 12.9. The van der Waals surface area contributed by atoms with Gasteiger partial charge in [-0.1, -0.05) is 0 Å². The van der Waals surface area contributed by atoms with Crippen molar-refractivity contribution in [3.63, 3.8) is 0 Å². The Morgan fingerprint density at radius 2 is 1.82 bits per heavy atom. The highest BCUT2D eigenvalue weighted by Crippen LogP contribution is 2.29. The van der Waals surface area contributed by atoms with Gasteiger partial charge in [-0.25, -0.2) is 0 Å². The number of fused-ring (bicyclic) bond motifs is 1. The summed E-state index contributed by atoms with van der Waals surface area (Å²) in [6.45, 7) is 0.730. The van der Waals surface area contributed by atoms with E-state index in [2.05, 4.69) is 4.98 Å². The van der Waals surface area contributed by atoms with Crippen molar-refractivity contribution in [3.05, 3.63) is 53.3 Å². The highest BCUT2D eigenvalue weighted by atomic mass is 16.5. The van der Waals surface area contributed by atoms with Crippen LogP contribution in [0.1, 0.15) is 37.6 Å². The lowest BCUT2D eigenvalue weighted by Crippen LogP contribution is -2.42. The molecule has 1 unspecified atom stereocenters. The molecule has 0 spiro atoms. The largest absolute Gasteiger partial charge is 0.497 e. The molecule has 0 bridgehead atoms. The number of amides is 3. The van der Waals surface area contributed by atoms with Crippen LogP contribution in [0.3, 0.4) is 0 Å². The van der Waals surface area contributed by atoms with Crippen LogP contribution < -0.4 is 9.47 Å².